The van der Waals surface area contributed by atoms with Gasteiger partial charge in [-0.15, -0.1) is 0 Å². The molecular weight excluding hydrogens is 217 g/mol. The molecule has 0 fully saturated rings. The van der Waals surface area contributed by atoms with Crippen molar-refractivity contribution in [2.24, 2.45) is 0 Å². The Bertz CT molecular complexity index is 403. The van der Waals surface area contributed by atoms with Crippen LogP contribution in [0.25, 0.3) is 0 Å². The molecule has 0 aliphatic carbocycles. The van der Waals surface area contributed by atoms with Crippen molar-refractivity contribution in [2.75, 3.05) is 13.7 Å². The lowest BCUT2D eigenvalue weighted by molar-refractivity contribution is 0.219. The maximum absolute atomic E-state index is 13.1. The quantitative estimate of drug-likeness (QED) is 0.866. The number of hydrogen-bond acceptors (Lipinski definition) is 2. The van der Waals surface area contributed by atoms with Gasteiger partial charge < -0.3 is 10.1 Å². The van der Waals surface area contributed by atoms with Crippen LogP contribution in [-0.4, -0.2) is 19.7 Å². The second-order valence-electron chi connectivity index (χ2n) is 4.34. The lowest BCUT2D eigenvalue weighted by Gasteiger charge is -2.23. The Morgan fingerprint density at radius 1 is 1.47 bits per heavy atom. The maximum Gasteiger partial charge on any atom is 0.123 e. The summed E-state index contributed by atoms with van der Waals surface area (Å²) >= 11 is 0. The summed E-state index contributed by atoms with van der Waals surface area (Å²) in [6, 6.07) is 7.01. The molecule has 0 bridgehead atoms. The van der Waals surface area contributed by atoms with E-state index in [9.17, 15) is 4.39 Å². The van der Waals surface area contributed by atoms with Crippen LogP contribution >= 0.6 is 0 Å². The normalized spacial score (nSPS) is 17.2. The summed E-state index contributed by atoms with van der Waals surface area (Å²) in [6.07, 6.45) is 4.77. The summed E-state index contributed by atoms with van der Waals surface area (Å²) in [5.74, 6) is -0.175. The summed E-state index contributed by atoms with van der Waals surface area (Å²) in [6.45, 7) is 0.805. The lowest BCUT2D eigenvalue weighted by Crippen LogP contribution is -2.31. The number of ether oxygens (including phenoxy) is 1. The van der Waals surface area contributed by atoms with E-state index in [-0.39, 0.29) is 11.9 Å². The molecule has 1 aliphatic heterocycles. The average molecular weight is 235 g/mol. The van der Waals surface area contributed by atoms with Crippen LogP contribution in [0.15, 0.2) is 36.1 Å². The summed E-state index contributed by atoms with van der Waals surface area (Å²) in [4.78, 5) is 0. The molecule has 3 heteroatoms. The third kappa shape index (κ3) is 3.30. The minimum absolute atomic E-state index is 0.175. The van der Waals surface area contributed by atoms with Crippen molar-refractivity contribution in [2.45, 2.75) is 25.3 Å². The highest BCUT2D eigenvalue weighted by Gasteiger charge is 2.16. The van der Waals surface area contributed by atoms with Gasteiger partial charge in [-0.3, -0.25) is 0 Å². The zero-order chi connectivity index (χ0) is 12.1. The highest BCUT2D eigenvalue weighted by molar-refractivity contribution is 5.21. The van der Waals surface area contributed by atoms with Crippen LogP contribution in [0.5, 0.6) is 0 Å². The average Bonchev–Trinajstić information content (AvgIpc) is 2.37. The van der Waals surface area contributed by atoms with Gasteiger partial charge >= 0.3 is 0 Å². The van der Waals surface area contributed by atoms with Gasteiger partial charge in [0.1, 0.15) is 5.82 Å². The summed E-state index contributed by atoms with van der Waals surface area (Å²) in [5, 5.41) is 3.27. The smallest absolute Gasteiger partial charge is 0.123 e. The van der Waals surface area contributed by atoms with E-state index in [1.807, 2.05) is 19.4 Å². The number of nitrogens with one attached hydrogen (secondary N) is 1. The molecule has 1 aromatic rings. The second kappa shape index (κ2) is 5.82. The third-order valence-electron chi connectivity index (χ3n) is 3.09. The highest BCUT2D eigenvalue weighted by Crippen LogP contribution is 2.19. The lowest BCUT2D eigenvalue weighted by atomic mass is 9.96. The van der Waals surface area contributed by atoms with Crippen molar-refractivity contribution in [3.63, 3.8) is 0 Å². The fourth-order valence-corrected chi connectivity index (χ4v) is 2.16. The molecule has 2 rings (SSSR count). The SMILES string of the molecule is CNC(Cc1cccc(F)c1)C1=COCCC1. The molecule has 0 amide bonds. The molecule has 17 heavy (non-hydrogen) atoms. The van der Waals surface area contributed by atoms with Crippen LogP contribution in [0.4, 0.5) is 4.39 Å². The molecule has 1 N–H and O–H groups in total. The number of halogens is 1. The van der Waals surface area contributed by atoms with Gasteiger partial charge in [-0.05, 0) is 49.6 Å². The Morgan fingerprint density at radius 2 is 2.35 bits per heavy atom. The number of likely N-dealkylation sites (N-methyl/N-ethyl adjacent to an activating group) is 1. The van der Waals surface area contributed by atoms with Gasteiger partial charge in [-0.1, -0.05) is 12.1 Å². The Labute approximate surface area is 101 Å². The van der Waals surface area contributed by atoms with Crippen LogP contribution in [0.1, 0.15) is 18.4 Å². The molecule has 0 radical (unpaired) electrons. The summed E-state index contributed by atoms with van der Waals surface area (Å²) < 4.78 is 18.5. The number of rotatable bonds is 4. The van der Waals surface area contributed by atoms with Crippen LogP contribution < -0.4 is 5.32 Å². The molecular formula is C14H18FNO. The van der Waals surface area contributed by atoms with E-state index in [2.05, 4.69) is 5.32 Å². The Hall–Kier alpha value is -1.35. The van der Waals surface area contributed by atoms with Gasteiger partial charge in [0.15, 0.2) is 0 Å². The van der Waals surface area contributed by atoms with E-state index >= 15 is 0 Å². The molecule has 1 atom stereocenters. The second-order valence-corrected chi connectivity index (χ2v) is 4.34. The molecule has 1 aliphatic rings. The topological polar surface area (TPSA) is 21.3 Å². The van der Waals surface area contributed by atoms with Crippen LogP contribution in [0, 0.1) is 5.82 Å². The molecule has 0 spiro atoms. The van der Waals surface area contributed by atoms with Gasteiger partial charge in [-0.2, -0.15) is 0 Å². The first kappa shape index (κ1) is 12.1. The Kier molecular flexibility index (Phi) is 4.15. The van der Waals surface area contributed by atoms with Crippen molar-refractivity contribution in [1.82, 2.24) is 5.32 Å². The van der Waals surface area contributed by atoms with E-state index in [1.165, 1.54) is 11.6 Å². The Balaban J connectivity index is 2.06. The first-order valence-corrected chi connectivity index (χ1v) is 6.02. The number of benzene rings is 1. The molecule has 1 unspecified atom stereocenters. The maximum atomic E-state index is 13.1. The van der Waals surface area contributed by atoms with Gasteiger partial charge in [0, 0.05) is 6.04 Å². The highest BCUT2D eigenvalue weighted by atomic mass is 19.1. The summed E-state index contributed by atoms with van der Waals surface area (Å²) in [5.41, 5.74) is 2.28. The summed E-state index contributed by atoms with van der Waals surface area (Å²) in [7, 11) is 1.93. The molecule has 0 saturated heterocycles. The van der Waals surface area contributed by atoms with E-state index in [0.29, 0.717) is 0 Å². The minimum atomic E-state index is -0.175. The van der Waals surface area contributed by atoms with Crippen molar-refractivity contribution in [3.8, 4) is 0 Å². The first-order valence-electron chi connectivity index (χ1n) is 6.02. The van der Waals surface area contributed by atoms with Crippen molar-refractivity contribution < 1.29 is 9.13 Å². The third-order valence-corrected chi connectivity index (χ3v) is 3.09. The number of hydrogen-bond donors (Lipinski definition) is 1. The monoisotopic (exact) mass is 235 g/mol. The van der Waals surface area contributed by atoms with E-state index < -0.39 is 0 Å². The van der Waals surface area contributed by atoms with E-state index in [4.69, 9.17) is 4.74 Å². The van der Waals surface area contributed by atoms with Gasteiger partial charge in [0.25, 0.3) is 0 Å². The molecule has 1 heterocycles. The minimum Gasteiger partial charge on any atom is -0.501 e. The largest absolute Gasteiger partial charge is 0.501 e. The van der Waals surface area contributed by atoms with Crippen molar-refractivity contribution >= 4 is 0 Å². The van der Waals surface area contributed by atoms with Gasteiger partial charge in [0.05, 0.1) is 12.9 Å². The first-order chi connectivity index (χ1) is 8.29. The van der Waals surface area contributed by atoms with Crippen molar-refractivity contribution in [3.05, 3.63) is 47.5 Å². The van der Waals surface area contributed by atoms with Crippen LogP contribution in [0.3, 0.4) is 0 Å². The van der Waals surface area contributed by atoms with Crippen LogP contribution in [0.2, 0.25) is 0 Å². The molecule has 92 valence electrons. The fraction of sp³-hybridized carbons (Fsp3) is 0.429. The van der Waals surface area contributed by atoms with Crippen molar-refractivity contribution in [1.29, 1.82) is 0 Å². The molecule has 1 aromatic carbocycles. The molecule has 0 aromatic heterocycles. The van der Waals surface area contributed by atoms with E-state index in [0.717, 1.165) is 31.4 Å². The predicted octanol–water partition coefficient (Wildman–Crippen LogP) is 2.65. The fourth-order valence-electron chi connectivity index (χ4n) is 2.16. The molecule has 0 saturated carbocycles. The Morgan fingerprint density at radius 3 is 3.00 bits per heavy atom. The predicted molar refractivity (Wildman–Crippen MR) is 66.2 cm³/mol. The zero-order valence-corrected chi connectivity index (χ0v) is 10.1. The zero-order valence-electron chi connectivity index (χ0n) is 10.1. The van der Waals surface area contributed by atoms with Gasteiger partial charge in [-0.25, -0.2) is 4.39 Å². The molecule has 2 nitrogen and oxygen atoms in total. The standard InChI is InChI=1S/C14H18FNO/c1-16-14(12-5-3-7-17-10-12)9-11-4-2-6-13(15)8-11/h2,4,6,8,10,14,16H,3,5,7,9H2,1H3. The van der Waals surface area contributed by atoms with E-state index in [1.54, 1.807) is 12.1 Å². The van der Waals surface area contributed by atoms with Gasteiger partial charge in [0.2, 0.25) is 0 Å². The van der Waals surface area contributed by atoms with Crippen LogP contribution in [-0.2, 0) is 11.2 Å².